The van der Waals surface area contributed by atoms with Crippen molar-refractivity contribution in [1.29, 1.82) is 0 Å². The number of hydrogen-bond acceptors (Lipinski definition) is 10. The highest BCUT2D eigenvalue weighted by atomic mass is 16.6. The summed E-state index contributed by atoms with van der Waals surface area (Å²) in [4.78, 5) is 75.2. The van der Waals surface area contributed by atoms with Gasteiger partial charge >= 0.3 is 17.9 Å². The molecule has 0 aromatic carbocycles. The van der Waals surface area contributed by atoms with E-state index in [1.807, 2.05) is 0 Å². The zero-order valence-electron chi connectivity index (χ0n) is 16.8. The summed E-state index contributed by atoms with van der Waals surface area (Å²) in [5.41, 5.74) is -6.72. The molecule has 0 heterocycles. The third-order valence-electron chi connectivity index (χ3n) is 4.14. The Kier molecular flexibility index (Phi) is 9.13. The van der Waals surface area contributed by atoms with Crippen molar-refractivity contribution in [2.24, 2.45) is 11.3 Å². The Morgan fingerprint density at radius 2 is 1.14 bits per heavy atom. The molecule has 0 bridgehead atoms. The predicted molar refractivity (Wildman–Crippen MR) is 92.8 cm³/mol. The van der Waals surface area contributed by atoms with Gasteiger partial charge in [0.05, 0.1) is 19.8 Å². The molecular weight excluding hydrogens is 376 g/mol. The lowest BCUT2D eigenvalue weighted by atomic mass is 9.60. The maximum atomic E-state index is 12.7. The van der Waals surface area contributed by atoms with E-state index < -0.39 is 52.2 Å². The van der Waals surface area contributed by atoms with Crippen LogP contribution in [0.25, 0.3) is 0 Å². The van der Waals surface area contributed by atoms with Crippen LogP contribution in [0.15, 0.2) is 0 Å². The van der Waals surface area contributed by atoms with Crippen LogP contribution in [0.2, 0.25) is 0 Å². The number of carbonyl (C=O) groups is 6. The van der Waals surface area contributed by atoms with E-state index in [-0.39, 0.29) is 19.8 Å². The van der Waals surface area contributed by atoms with Crippen LogP contribution in [0.1, 0.15) is 41.5 Å². The highest BCUT2D eigenvalue weighted by Crippen LogP contribution is 2.43. The van der Waals surface area contributed by atoms with Crippen molar-refractivity contribution in [3.05, 3.63) is 0 Å². The molecule has 0 aromatic heterocycles. The maximum absolute atomic E-state index is 12.7. The van der Waals surface area contributed by atoms with Crippen LogP contribution in [-0.2, 0) is 43.0 Å². The second kappa shape index (κ2) is 10.1. The number of rotatable bonds is 11. The van der Waals surface area contributed by atoms with E-state index >= 15 is 0 Å². The third-order valence-corrected chi connectivity index (χ3v) is 4.14. The van der Waals surface area contributed by atoms with Gasteiger partial charge in [-0.05, 0) is 41.5 Å². The van der Waals surface area contributed by atoms with E-state index in [1.165, 1.54) is 20.8 Å². The lowest BCUT2D eigenvalue weighted by molar-refractivity contribution is -0.209. The molecule has 0 aliphatic rings. The molecule has 0 saturated heterocycles. The molecule has 0 radical (unpaired) electrons. The standard InChI is InChI=1S/C18H26O10/c1-7-26-14(22)13(10(4)19)18(25,16(24)28-9-3)17(11(5)20,12(6)21)15(23)27-8-2/h13,25H,7-9H2,1-6H3. The van der Waals surface area contributed by atoms with Crippen molar-refractivity contribution in [3.8, 4) is 0 Å². The molecule has 2 atom stereocenters. The molecule has 0 aliphatic carbocycles. The van der Waals surface area contributed by atoms with Gasteiger partial charge in [0.2, 0.25) is 11.0 Å². The van der Waals surface area contributed by atoms with Crippen LogP contribution < -0.4 is 0 Å². The largest absolute Gasteiger partial charge is 0.465 e. The highest BCUT2D eigenvalue weighted by Gasteiger charge is 2.74. The van der Waals surface area contributed by atoms with Crippen molar-refractivity contribution in [3.63, 3.8) is 0 Å². The molecule has 0 rings (SSSR count). The van der Waals surface area contributed by atoms with Gasteiger partial charge in [0.25, 0.3) is 0 Å². The zero-order valence-corrected chi connectivity index (χ0v) is 16.8. The van der Waals surface area contributed by atoms with Gasteiger partial charge < -0.3 is 19.3 Å². The van der Waals surface area contributed by atoms with E-state index in [4.69, 9.17) is 14.2 Å². The predicted octanol–water partition coefficient (Wildman–Crippen LogP) is -0.224. The number of aliphatic hydroxyl groups is 1. The molecule has 2 unspecified atom stereocenters. The third kappa shape index (κ3) is 4.11. The van der Waals surface area contributed by atoms with Gasteiger partial charge in [0, 0.05) is 0 Å². The van der Waals surface area contributed by atoms with Gasteiger partial charge in [-0.1, -0.05) is 0 Å². The van der Waals surface area contributed by atoms with Crippen LogP contribution in [0.3, 0.4) is 0 Å². The van der Waals surface area contributed by atoms with Crippen LogP contribution in [0.5, 0.6) is 0 Å². The number of hydrogen-bond donors (Lipinski definition) is 1. The minimum Gasteiger partial charge on any atom is -0.465 e. The zero-order chi connectivity index (χ0) is 22.3. The molecule has 10 heteroatoms. The topological polar surface area (TPSA) is 150 Å². The monoisotopic (exact) mass is 402 g/mol. The van der Waals surface area contributed by atoms with Gasteiger partial charge in [-0.2, -0.15) is 0 Å². The van der Waals surface area contributed by atoms with Gasteiger partial charge in [0.15, 0.2) is 17.5 Å². The molecule has 28 heavy (non-hydrogen) atoms. The lowest BCUT2D eigenvalue weighted by Gasteiger charge is -2.42. The maximum Gasteiger partial charge on any atom is 0.341 e. The summed E-state index contributed by atoms with van der Waals surface area (Å²) in [5, 5.41) is 11.3. The number of esters is 3. The normalized spacial score (nSPS) is 14.2. The van der Waals surface area contributed by atoms with E-state index in [9.17, 15) is 33.9 Å². The summed E-state index contributed by atoms with van der Waals surface area (Å²) in [6.07, 6.45) is 0. The summed E-state index contributed by atoms with van der Waals surface area (Å²) in [7, 11) is 0. The summed E-state index contributed by atoms with van der Waals surface area (Å²) in [5.74, 6) is -10.8. The highest BCUT2D eigenvalue weighted by molar-refractivity contribution is 6.27. The second-order valence-electron chi connectivity index (χ2n) is 5.87. The van der Waals surface area contributed by atoms with Crippen LogP contribution in [0, 0.1) is 11.3 Å². The molecule has 0 fully saturated rings. The summed E-state index contributed by atoms with van der Waals surface area (Å²) >= 11 is 0. The van der Waals surface area contributed by atoms with Crippen molar-refractivity contribution in [2.75, 3.05) is 19.8 Å². The van der Waals surface area contributed by atoms with Crippen LogP contribution >= 0.6 is 0 Å². The fourth-order valence-electron chi connectivity index (χ4n) is 3.05. The van der Waals surface area contributed by atoms with E-state index in [2.05, 4.69) is 0 Å². The van der Waals surface area contributed by atoms with Crippen LogP contribution in [0.4, 0.5) is 0 Å². The number of Topliss-reactive ketones (excluding diaryl/α,β-unsaturated/α-hetero) is 3. The lowest BCUT2D eigenvalue weighted by Crippen LogP contribution is -2.71. The Labute approximate surface area is 162 Å². The molecule has 0 spiro atoms. The van der Waals surface area contributed by atoms with Crippen molar-refractivity contribution < 1.29 is 48.1 Å². The van der Waals surface area contributed by atoms with Crippen LogP contribution in [-0.4, -0.2) is 65.8 Å². The van der Waals surface area contributed by atoms with Crippen molar-refractivity contribution >= 4 is 35.3 Å². The van der Waals surface area contributed by atoms with Crippen molar-refractivity contribution in [2.45, 2.75) is 47.1 Å². The van der Waals surface area contributed by atoms with Gasteiger partial charge in [-0.15, -0.1) is 0 Å². The summed E-state index contributed by atoms with van der Waals surface area (Å²) in [6, 6.07) is 0. The van der Waals surface area contributed by atoms with E-state index in [0.717, 1.165) is 20.8 Å². The van der Waals surface area contributed by atoms with E-state index in [1.54, 1.807) is 0 Å². The first-order chi connectivity index (χ1) is 12.9. The second-order valence-corrected chi connectivity index (χ2v) is 5.87. The quantitative estimate of drug-likeness (QED) is 0.279. The smallest absolute Gasteiger partial charge is 0.341 e. The average Bonchev–Trinajstić information content (AvgIpc) is 2.54. The Hall–Kier alpha value is -2.62. The summed E-state index contributed by atoms with van der Waals surface area (Å²) in [6.45, 7) is 5.55. The molecule has 1 N–H and O–H groups in total. The van der Waals surface area contributed by atoms with Gasteiger partial charge in [-0.25, -0.2) is 4.79 Å². The number of carbonyl (C=O) groups excluding carboxylic acids is 6. The fraction of sp³-hybridized carbons (Fsp3) is 0.667. The molecule has 158 valence electrons. The average molecular weight is 402 g/mol. The van der Waals surface area contributed by atoms with Crippen molar-refractivity contribution in [1.82, 2.24) is 0 Å². The molecule has 0 aliphatic heterocycles. The molecule has 0 saturated carbocycles. The molecular formula is C18H26O10. The number of ether oxygens (including phenoxy) is 3. The Balaban J connectivity index is 7.28. The Bertz CT molecular complexity index is 651. The Morgan fingerprint density at radius 3 is 1.46 bits per heavy atom. The Morgan fingerprint density at radius 1 is 0.750 bits per heavy atom. The first-order valence-corrected chi connectivity index (χ1v) is 8.66. The molecule has 0 amide bonds. The molecule has 0 aromatic rings. The first kappa shape index (κ1) is 25.4. The van der Waals surface area contributed by atoms with Gasteiger partial charge in [-0.3, -0.25) is 24.0 Å². The number of ketones is 3. The SMILES string of the molecule is CCOC(=O)C(C(C)=O)C(O)(C(=O)OCC)C(C(C)=O)(C(C)=O)C(=O)OCC. The minimum atomic E-state index is -3.51. The minimum absolute atomic E-state index is 0.242. The summed E-state index contributed by atoms with van der Waals surface area (Å²) < 4.78 is 14.2. The molecule has 10 nitrogen and oxygen atoms in total. The van der Waals surface area contributed by atoms with E-state index in [0.29, 0.717) is 0 Å². The first-order valence-electron chi connectivity index (χ1n) is 8.66. The fourth-order valence-corrected chi connectivity index (χ4v) is 3.05. The van der Waals surface area contributed by atoms with Gasteiger partial charge in [0.1, 0.15) is 5.78 Å².